The van der Waals surface area contributed by atoms with E-state index in [1.165, 1.54) is 12.4 Å². The van der Waals surface area contributed by atoms with Gasteiger partial charge in [0.25, 0.3) is 11.6 Å². The highest BCUT2D eigenvalue weighted by molar-refractivity contribution is 7.99. The summed E-state index contributed by atoms with van der Waals surface area (Å²) >= 11 is 1.13. The van der Waals surface area contributed by atoms with E-state index in [4.69, 9.17) is 9.47 Å². The van der Waals surface area contributed by atoms with Gasteiger partial charge in [0.15, 0.2) is 5.16 Å². The summed E-state index contributed by atoms with van der Waals surface area (Å²) in [5.41, 5.74) is 0.988. The minimum atomic E-state index is -0.484. The molecule has 1 saturated heterocycles. The fraction of sp³-hybridized carbons (Fsp3) is 0.348. The Hall–Kier alpha value is -3.44. The number of carbonyl (C=O) groups excluding carboxylic acids is 1. The molecule has 1 aromatic heterocycles. The third-order valence-corrected chi connectivity index (χ3v) is 6.63. The van der Waals surface area contributed by atoms with Crippen molar-refractivity contribution in [2.24, 2.45) is 7.05 Å². The number of benzene rings is 2. The van der Waals surface area contributed by atoms with E-state index in [0.717, 1.165) is 30.2 Å². The van der Waals surface area contributed by atoms with E-state index < -0.39 is 4.92 Å². The van der Waals surface area contributed by atoms with Crippen molar-refractivity contribution in [1.82, 2.24) is 19.7 Å². The highest BCUT2D eigenvalue weighted by atomic mass is 32.2. The van der Waals surface area contributed by atoms with Crippen molar-refractivity contribution in [3.63, 3.8) is 0 Å². The van der Waals surface area contributed by atoms with Gasteiger partial charge in [-0.1, -0.05) is 12.1 Å². The molecular weight excluding hydrogens is 458 g/mol. The second-order valence-corrected chi connectivity index (χ2v) is 8.95. The lowest BCUT2D eigenvalue weighted by Crippen LogP contribution is -2.37. The Balaban J connectivity index is 1.61. The van der Waals surface area contributed by atoms with E-state index >= 15 is 0 Å². The average molecular weight is 484 g/mol. The fourth-order valence-corrected chi connectivity index (χ4v) is 4.62. The summed E-state index contributed by atoms with van der Waals surface area (Å²) in [5.74, 6) is 0.402. The van der Waals surface area contributed by atoms with Gasteiger partial charge >= 0.3 is 0 Å². The maximum absolute atomic E-state index is 13.5. The van der Waals surface area contributed by atoms with E-state index in [1.807, 2.05) is 24.3 Å². The SMILES string of the molecule is COc1cccc(CN(CC2CCCO2)C(=O)c2ccc(Sc3nncn3C)c([N+](=O)[O-])c2)c1. The molecule has 1 fully saturated rings. The second-order valence-electron chi connectivity index (χ2n) is 7.94. The lowest BCUT2D eigenvalue weighted by molar-refractivity contribution is -0.387. The Kier molecular flexibility index (Phi) is 7.43. The van der Waals surface area contributed by atoms with Crippen LogP contribution in [0.15, 0.2) is 58.8 Å². The van der Waals surface area contributed by atoms with Gasteiger partial charge in [0.1, 0.15) is 12.1 Å². The number of amides is 1. The van der Waals surface area contributed by atoms with Crippen LogP contribution in [-0.4, -0.2) is 56.9 Å². The van der Waals surface area contributed by atoms with Gasteiger partial charge in [-0.25, -0.2) is 0 Å². The molecule has 10 nitrogen and oxygen atoms in total. The van der Waals surface area contributed by atoms with Crippen molar-refractivity contribution in [2.75, 3.05) is 20.3 Å². The van der Waals surface area contributed by atoms with Gasteiger partial charge in [-0.3, -0.25) is 14.9 Å². The van der Waals surface area contributed by atoms with E-state index in [9.17, 15) is 14.9 Å². The van der Waals surface area contributed by atoms with Crippen molar-refractivity contribution in [3.8, 4) is 5.75 Å². The Bertz CT molecular complexity index is 1180. The molecule has 1 atom stereocenters. The smallest absolute Gasteiger partial charge is 0.284 e. The number of aromatic nitrogens is 3. The van der Waals surface area contributed by atoms with E-state index in [-0.39, 0.29) is 23.3 Å². The number of hydrogen-bond acceptors (Lipinski definition) is 8. The lowest BCUT2D eigenvalue weighted by Gasteiger charge is -2.26. The van der Waals surface area contributed by atoms with E-state index in [2.05, 4.69) is 10.2 Å². The summed E-state index contributed by atoms with van der Waals surface area (Å²) in [6, 6.07) is 12.0. The monoisotopic (exact) mass is 483 g/mol. The first-order valence-electron chi connectivity index (χ1n) is 10.8. The van der Waals surface area contributed by atoms with Crippen LogP contribution < -0.4 is 4.74 Å². The van der Waals surface area contributed by atoms with E-state index in [0.29, 0.717) is 35.5 Å². The standard InChI is InChI=1S/C23H25N5O5S/c1-26-15-24-25-23(26)34-21-9-8-17(12-20(21)28(30)31)22(29)27(14-19-7-4-10-33-19)13-16-5-3-6-18(11-16)32-2/h3,5-6,8-9,11-12,15,19H,4,7,10,13-14H2,1-2H3. The molecule has 1 aliphatic rings. The number of nitrogens with zero attached hydrogens (tertiary/aromatic N) is 5. The van der Waals surface area contributed by atoms with Crippen molar-refractivity contribution in [3.05, 3.63) is 70.0 Å². The second kappa shape index (κ2) is 10.7. The first kappa shape index (κ1) is 23.7. The maximum Gasteiger partial charge on any atom is 0.284 e. The van der Waals surface area contributed by atoms with Gasteiger partial charge in [0.2, 0.25) is 0 Å². The summed E-state index contributed by atoms with van der Waals surface area (Å²) < 4.78 is 12.7. The van der Waals surface area contributed by atoms with Crippen LogP contribution in [0, 0.1) is 10.1 Å². The molecule has 0 N–H and O–H groups in total. The van der Waals surface area contributed by atoms with Crippen LogP contribution in [0.5, 0.6) is 5.75 Å². The van der Waals surface area contributed by atoms with Crippen molar-refractivity contribution in [2.45, 2.75) is 35.5 Å². The van der Waals surface area contributed by atoms with Crippen LogP contribution in [0.3, 0.4) is 0 Å². The maximum atomic E-state index is 13.5. The van der Waals surface area contributed by atoms with Gasteiger partial charge in [0.05, 0.1) is 23.0 Å². The number of carbonyl (C=O) groups is 1. The Labute approximate surface area is 201 Å². The molecule has 1 amide bonds. The van der Waals surface area contributed by atoms with Crippen LogP contribution in [0.25, 0.3) is 0 Å². The molecule has 0 radical (unpaired) electrons. The largest absolute Gasteiger partial charge is 0.497 e. The molecular formula is C23H25N5O5S. The first-order valence-corrected chi connectivity index (χ1v) is 11.6. The number of rotatable bonds is 9. The molecule has 3 aromatic rings. The molecule has 2 aromatic carbocycles. The van der Waals surface area contributed by atoms with E-state index in [1.54, 1.807) is 35.8 Å². The Morgan fingerprint density at radius 2 is 2.21 bits per heavy atom. The van der Waals surface area contributed by atoms with Crippen LogP contribution in [0.1, 0.15) is 28.8 Å². The molecule has 2 heterocycles. The summed E-state index contributed by atoms with van der Waals surface area (Å²) in [7, 11) is 3.35. The van der Waals surface area contributed by atoms with Gasteiger partial charge in [-0.2, -0.15) is 0 Å². The molecule has 4 rings (SSSR count). The van der Waals surface area contributed by atoms with Gasteiger partial charge in [-0.05, 0) is 54.4 Å². The zero-order valence-electron chi connectivity index (χ0n) is 18.9. The minimum Gasteiger partial charge on any atom is -0.497 e. The summed E-state index contributed by atoms with van der Waals surface area (Å²) in [6.07, 6.45) is 3.28. The first-order chi connectivity index (χ1) is 16.4. The zero-order valence-corrected chi connectivity index (χ0v) is 19.7. The van der Waals surface area contributed by atoms with Crippen molar-refractivity contribution < 1.29 is 19.2 Å². The number of ether oxygens (including phenoxy) is 2. The topological polar surface area (TPSA) is 113 Å². The molecule has 1 unspecified atom stereocenters. The minimum absolute atomic E-state index is 0.0599. The highest BCUT2D eigenvalue weighted by Gasteiger charge is 2.26. The summed E-state index contributed by atoms with van der Waals surface area (Å²) in [5, 5.41) is 20.1. The molecule has 11 heteroatoms. The van der Waals surface area contributed by atoms with Crippen molar-refractivity contribution >= 4 is 23.4 Å². The Morgan fingerprint density at radius 1 is 1.35 bits per heavy atom. The molecule has 178 valence electrons. The summed E-state index contributed by atoms with van der Waals surface area (Å²) in [6.45, 7) is 1.41. The number of nitro benzene ring substituents is 1. The van der Waals surface area contributed by atoms with Crippen LogP contribution in [0.4, 0.5) is 5.69 Å². The van der Waals surface area contributed by atoms with Crippen LogP contribution in [0.2, 0.25) is 0 Å². The quantitative estimate of drug-likeness (QED) is 0.334. The summed E-state index contributed by atoms with van der Waals surface area (Å²) in [4.78, 5) is 26.9. The Morgan fingerprint density at radius 3 is 2.88 bits per heavy atom. The van der Waals surface area contributed by atoms with Gasteiger partial charge < -0.3 is 18.9 Å². The lowest BCUT2D eigenvalue weighted by atomic mass is 10.1. The van der Waals surface area contributed by atoms with Gasteiger partial charge in [0, 0.05) is 38.4 Å². The highest BCUT2D eigenvalue weighted by Crippen LogP contribution is 2.34. The fourth-order valence-electron chi connectivity index (χ4n) is 3.77. The number of methoxy groups -OCH3 is 1. The van der Waals surface area contributed by atoms with Crippen LogP contribution in [-0.2, 0) is 18.3 Å². The molecule has 0 saturated carbocycles. The molecule has 1 aliphatic heterocycles. The average Bonchev–Trinajstić information content (AvgIpc) is 3.50. The third kappa shape index (κ3) is 5.54. The predicted octanol–water partition coefficient (Wildman–Crippen LogP) is 3.70. The number of nitro groups is 1. The normalized spacial score (nSPS) is 15.3. The molecule has 0 aliphatic carbocycles. The number of aryl methyl sites for hydroxylation is 1. The third-order valence-electron chi connectivity index (χ3n) is 5.52. The zero-order chi connectivity index (χ0) is 24.1. The number of hydrogen-bond donors (Lipinski definition) is 0. The predicted molar refractivity (Wildman–Crippen MR) is 125 cm³/mol. The molecule has 34 heavy (non-hydrogen) atoms. The van der Waals surface area contributed by atoms with Crippen molar-refractivity contribution in [1.29, 1.82) is 0 Å². The van der Waals surface area contributed by atoms with Gasteiger partial charge in [-0.15, -0.1) is 10.2 Å². The molecule has 0 spiro atoms. The molecule has 0 bridgehead atoms. The van der Waals surface area contributed by atoms with Crippen LogP contribution >= 0.6 is 11.8 Å².